The second kappa shape index (κ2) is 3.88. The Labute approximate surface area is 103 Å². The van der Waals surface area contributed by atoms with Gasteiger partial charge in [-0.2, -0.15) is 0 Å². The largest absolute Gasteiger partial charge is 0.358 e. The Hall–Kier alpha value is -1.28. The van der Waals surface area contributed by atoms with E-state index in [1.54, 1.807) is 0 Å². The van der Waals surface area contributed by atoms with Crippen LogP contribution in [0.3, 0.4) is 0 Å². The van der Waals surface area contributed by atoms with Crippen molar-refractivity contribution in [2.24, 2.45) is 0 Å². The molecule has 0 saturated carbocycles. The van der Waals surface area contributed by atoms with Crippen LogP contribution in [-0.2, 0) is 5.54 Å². The lowest BCUT2D eigenvalue weighted by molar-refractivity contribution is 0.446. The van der Waals surface area contributed by atoms with E-state index in [-0.39, 0.29) is 5.54 Å². The molecule has 2 N–H and O–H groups in total. The van der Waals surface area contributed by atoms with E-state index in [9.17, 15) is 0 Å². The van der Waals surface area contributed by atoms with Crippen LogP contribution in [0.1, 0.15) is 36.2 Å². The first-order valence-corrected chi connectivity index (χ1v) is 6.15. The topological polar surface area (TPSA) is 27.8 Å². The molecule has 0 amide bonds. The smallest absolute Gasteiger partial charge is 0.0464 e. The Kier molecular flexibility index (Phi) is 2.78. The zero-order chi connectivity index (χ0) is 12.8. The lowest BCUT2D eigenvalue weighted by Gasteiger charge is -2.25. The molecule has 2 aromatic rings. The van der Waals surface area contributed by atoms with E-state index in [0.29, 0.717) is 0 Å². The van der Waals surface area contributed by atoms with Gasteiger partial charge in [-0.15, -0.1) is 0 Å². The van der Waals surface area contributed by atoms with Crippen molar-refractivity contribution in [3.63, 3.8) is 0 Å². The van der Waals surface area contributed by atoms with Crippen molar-refractivity contribution in [1.82, 2.24) is 10.3 Å². The summed E-state index contributed by atoms with van der Waals surface area (Å²) >= 11 is 0. The molecule has 0 aliphatic heterocycles. The lowest BCUT2D eigenvalue weighted by atomic mass is 9.90. The van der Waals surface area contributed by atoms with Crippen LogP contribution in [0, 0.1) is 20.8 Å². The first-order valence-electron chi connectivity index (χ1n) is 6.15. The fourth-order valence-corrected chi connectivity index (χ4v) is 2.76. The number of H-pyrrole nitrogens is 1. The molecule has 2 heteroatoms. The van der Waals surface area contributed by atoms with Gasteiger partial charge in [-0.05, 0) is 58.9 Å². The van der Waals surface area contributed by atoms with Gasteiger partial charge in [0, 0.05) is 27.7 Å². The number of nitrogens with one attached hydrogen (secondary N) is 2. The number of fused-ring (bicyclic) bond motifs is 1. The van der Waals surface area contributed by atoms with E-state index in [0.717, 1.165) is 0 Å². The first kappa shape index (κ1) is 12.2. The lowest BCUT2D eigenvalue weighted by Crippen LogP contribution is -2.33. The Morgan fingerprint density at radius 3 is 2.35 bits per heavy atom. The summed E-state index contributed by atoms with van der Waals surface area (Å²) in [5, 5.41) is 4.77. The van der Waals surface area contributed by atoms with Gasteiger partial charge in [-0.3, -0.25) is 0 Å². The highest BCUT2D eigenvalue weighted by molar-refractivity contribution is 5.89. The third-order valence-corrected chi connectivity index (χ3v) is 3.68. The molecule has 92 valence electrons. The molecule has 0 saturated heterocycles. The van der Waals surface area contributed by atoms with E-state index in [2.05, 4.69) is 57.1 Å². The number of hydrogen-bond donors (Lipinski definition) is 2. The predicted molar refractivity (Wildman–Crippen MR) is 74.6 cm³/mol. The molecule has 1 aromatic carbocycles. The standard InChI is InChI=1S/C15H22N2/c1-9-7-10(2)13-12(8-9)17-11(3)14(13)15(4,5)16-6/h7-8,16-17H,1-6H3. The number of benzene rings is 1. The van der Waals surface area contributed by atoms with Gasteiger partial charge in [-0.25, -0.2) is 0 Å². The monoisotopic (exact) mass is 230 g/mol. The molecule has 0 bridgehead atoms. The van der Waals surface area contributed by atoms with Crippen molar-refractivity contribution in [2.45, 2.75) is 40.2 Å². The maximum Gasteiger partial charge on any atom is 0.0464 e. The molecule has 1 aromatic heterocycles. The highest BCUT2D eigenvalue weighted by Gasteiger charge is 2.25. The second-order valence-electron chi connectivity index (χ2n) is 5.50. The van der Waals surface area contributed by atoms with Gasteiger partial charge < -0.3 is 10.3 Å². The van der Waals surface area contributed by atoms with Gasteiger partial charge in [0.1, 0.15) is 0 Å². The number of hydrogen-bond acceptors (Lipinski definition) is 1. The minimum atomic E-state index is -0.0116. The first-order chi connectivity index (χ1) is 7.86. The molecule has 2 rings (SSSR count). The molecule has 1 heterocycles. The van der Waals surface area contributed by atoms with Gasteiger partial charge in [0.2, 0.25) is 0 Å². The fraction of sp³-hybridized carbons (Fsp3) is 0.467. The molecule has 0 unspecified atom stereocenters. The second-order valence-corrected chi connectivity index (χ2v) is 5.50. The van der Waals surface area contributed by atoms with E-state index in [1.807, 2.05) is 7.05 Å². The summed E-state index contributed by atoms with van der Waals surface area (Å²) in [6, 6.07) is 4.48. The maximum atomic E-state index is 3.51. The molecule has 0 radical (unpaired) electrons. The van der Waals surface area contributed by atoms with Gasteiger partial charge in [-0.1, -0.05) is 6.07 Å². The summed E-state index contributed by atoms with van der Waals surface area (Å²) in [5.74, 6) is 0. The highest BCUT2D eigenvalue weighted by Crippen LogP contribution is 2.34. The number of aromatic nitrogens is 1. The van der Waals surface area contributed by atoms with Crippen LogP contribution in [0.25, 0.3) is 10.9 Å². The van der Waals surface area contributed by atoms with Crippen molar-refractivity contribution < 1.29 is 0 Å². The summed E-state index contributed by atoms with van der Waals surface area (Å²) in [7, 11) is 2.02. The summed E-state index contributed by atoms with van der Waals surface area (Å²) in [6.45, 7) is 10.9. The van der Waals surface area contributed by atoms with Crippen LogP contribution in [0.15, 0.2) is 12.1 Å². The van der Waals surface area contributed by atoms with Crippen LogP contribution in [0.5, 0.6) is 0 Å². The zero-order valence-corrected chi connectivity index (χ0v) is 11.7. The number of rotatable bonds is 2. The third kappa shape index (κ3) is 1.87. The minimum absolute atomic E-state index is 0.0116. The third-order valence-electron chi connectivity index (χ3n) is 3.68. The van der Waals surface area contributed by atoms with Crippen molar-refractivity contribution in [3.8, 4) is 0 Å². The van der Waals surface area contributed by atoms with Crippen molar-refractivity contribution in [2.75, 3.05) is 7.05 Å². The normalized spacial score (nSPS) is 12.4. The number of aryl methyl sites for hydroxylation is 3. The molecule has 17 heavy (non-hydrogen) atoms. The van der Waals surface area contributed by atoms with E-state index < -0.39 is 0 Å². The van der Waals surface area contributed by atoms with Gasteiger partial charge in [0.15, 0.2) is 0 Å². The molecular formula is C15H22N2. The van der Waals surface area contributed by atoms with Crippen LogP contribution >= 0.6 is 0 Å². The Balaban J connectivity index is 2.84. The van der Waals surface area contributed by atoms with E-state index >= 15 is 0 Å². The Morgan fingerprint density at radius 2 is 1.76 bits per heavy atom. The Morgan fingerprint density at radius 1 is 1.12 bits per heavy atom. The van der Waals surface area contributed by atoms with E-state index in [1.165, 1.54) is 33.3 Å². The average molecular weight is 230 g/mol. The zero-order valence-electron chi connectivity index (χ0n) is 11.7. The molecule has 2 nitrogen and oxygen atoms in total. The SMILES string of the molecule is CNC(C)(C)c1c(C)[nH]c2cc(C)cc(C)c12. The van der Waals surface area contributed by atoms with E-state index in [4.69, 9.17) is 0 Å². The maximum absolute atomic E-state index is 3.51. The molecule has 0 atom stereocenters. The van der Waals surface area contributed by atoms with Crippen molar-refractivity contribution >= 4 is 10.9 Å². The van der Waals surface area contributed by atoms with Crippen molar-refractivity contribution in [1.29, 1.82) is 0 Å². The van der Waals surface area contributed by atoms with Crippen LogP contribution in [0.4, 0.5) is 0 Å². The summed E-state index contributed by atoms with van der Waals surface area (Å²) in [6.07, 6.45) is 0. The van der Waals surface area contributed by atoms with Crippen molar-refractivity contribution in [3.05, 3.63) is 34.5 Å². The Bertz CT molecular complexity index is 562. The minimum Gasteiger partial charge on any atom is -0.358 e. The van der Waals surface area contributed by atoms with Crippen LogP contribution < -0.4 is 5.32 Å². The molecule has 0 fully saturated rings. The molecular weight excluding hydrogens is 208 g/mol. The number of aromatic amines is 1. The van der Waals surface area contributed by atoms with Gasteiger partial charge in [0.05, 0.1) is 0 Å². The summed E-state index contributed by atoms with van der Waals surface area (Å²) in [5.41, 5.74) is 6.54. The fourth-order valence-electron chi connectivity index (χ4n) is 2.76. The average Bonchev–Trinajstić information content (AvgIpc) is 2.55. The summed E-state index contributed by atoms with van der Waals surface area (Å²) < 4.78 is 0. The highest BCUT2D eigenvalue weighted by atomic mass is 14.9. The molecule has 0 spiro atoms. The van der Waals surface area contributed by atoms with Crippen LogP contribution in [0.2, 0.25) is 0 Å². The van der Waals surface area contributed by atoms with Gasteiger partial charge in [0.25, 0.3) is 0 Å². The molecule has 0 aliphatic rings. The molecule has 0 aliphatic carbocycles. The predicted octanol–water partition coefficient (Wildman–Crippen LogP) is 3.55. The van der Waals surface area contributed by atoms with Gasteiger partial charge >= 0.3 is 0 Å². The quantitative estimate of drug-likeness (QED) is 0.811. The summed E-state index contributed by atoms with van der Waals surface area (Å²) in [4.78, 5) is 3.51. The van der Waals surface area contributed by atoms with Crippen LogP contribution in [-0.4, -0.2) is 12.0 Å².